The first-order valence-corrected chi connectivity index (χ1v) is 8.04. The second-order valence-corrected chi connectivity index (χ2v) is 5.94. The first-order valence-electron chi connectivity index (χ1n) is 8.04. The molecule has 1 aromatic carbocycles. The summed E-state index contributed by atoms with van der Waals surface area (Å²) in [5, 5.41) is 3.06. The minimum atomic E-state index is -0.203. The van der Waals surface area contributed by atoms with Crippen LogP contribution in [0.25, 0.3) is 0 Å². The van der Waals surface area contributed by atoms with Crippen molar-refractivity contribution < 1.29 is 4.79 Å². The van der Waals surface area contributed by atoms with Crippen LogP contribution in [-0.2, 0) is 11.2 Å². The molecule has 0 bridgehead atoms. The van der Waals surface area contributed by atoms with Gasteiger partial charge in [-0.1, -0.05) is 36.4 Å². The molecule has 0 saturated carbocycles. The first-order chi connectivity index (χ1) is 11.2. The van der Waals surface area contributed by atoms with E-state index in [1.807, 2.05) is 62.6 Å². The molecule has 4 nitrogen and oxygen atoms in total. The van der Waals surface area contributed by atoms with Crippen LogP contribution in [0.3, 0.4) is 0 Å². The Hall–Kier alpha value is -2.20. The largest absolute Gasteiger partial charge is 0.356 e. The van der Waals surface area contributed by atoms with Gasteiger partial charge in [-0.25, -0.2) is 0 Å². The van der Waals surface area contributed by atoms with E-state index in [0.29, 0.717) is 13.0 Å². The number of amides is 1. The fourth-order valence-corrected chi connectivity index (χ4v) is 2.51. The van der Waals surface area contributed by atoms with E-state index in [4.69, 9.17) is 0 Å². The van der Waals surface area contributed by atoms with Gasteiger partial charge in [0.1, 0.15) is 0 Å². The van der Waals surface area contributed by atoms with E-state index in [0.717, 1.165) is 24.2 Å². The molecule has 1 amide bonds. The predicted molar refractivity (Wildman–Crippen MR) is 93.3 cm³/mol. The lowest BCUT2D eigenvalue weighted by molar-refractivity contribution is -0.122. The quantitative estimate of drug-likeness (QED) is 0.762. The van der Waals surface area contributed by atoms with Crippen LogP contribution in [0.5, 0.6) is 0 Å². The number of benzene rings is 1. The van der Waals surface area contributed by atoms with E-state index in [2.05, 4.69) is 15.2 Å². The molecule has 4 heteroatoms. The van der Waals surface area contributed by atoms with Gasteiger partial charge in [-0.3, -0.25) is 9.78 Å². The molecular weight excluding hydrogens is 286 g/mol. The number of aromatic nitrogens is 1. The average molecular weight is 311 g/mol. The zero-order valence-electron chi connectivity index (χ0n) is 13.9. The molecule has 0 saturated heterocycles. The summed E-state index contributed by atoms with van der Waals surface area (Å²) in [6, 6.07) is 15.7. The van der Waals surface area contributed by atoms with Crippen LogP contribution in [0.15, 0.2) is 54.7 Å². The van der Waals surface area contributed by atoms with Gasteiger partial charge in [0, 0.05) is 24.9 Å². The molecular formula is C19H25N3O. The summed E-state index contributed by atoms with van der Waals surface area (Å²) in [6.45, 7) is 1.67. The molecule has 1 aromatic heterocycles. The lowest BCUT2D eigenvalue weighted by Crippen LogP contribution is -2.32. The number of hydrogen-bond donors (Lipinski definition) is 1. The highest BCUT2D eigenvalue weighted by atomic mass is 16.1. The number of carbonyl (C=O) groups excluding carboxylic acids is 1. The van der Waals surface area contributed by atoms with E-state index in [1.54, 1.807) is 6.20 Å². The van der Waals surface area contributed by atoms with Crippen molar-refractivity contribution >= 4 is 5.91 Å². The van der Waals surface area contributed by atoms with Gasteiger partial charge in [0.15, 0.2) is 0 Å². The Kier molecular flexibility index (Phi) is 6.76. The highest BCUT2D eigenvalue weighted by molar-refractivity contribution is 5.83. The Morgan fingerprint density at radius 2 is 1.87 bits per heavy atom. The molecule has 0 aliphatic heterocycles. The Morgan fingerprint density at radius 1 is 1.13 bits per heavy atom. The van der Waals surface area contributed by atoms with Gasteiger partial charge in [-0.15, -0.1) is 0 Å². The summed E-state index contributed by atoms with van der Waals surface area (Å²) in [7, 11) is 4.07. The minimum absolute atomic E-state index is 0.0700. The monoisotopic (exact) mass is 311 g/mol. The number of pyridine rings is 1. The van der Waals surface area contributed by atoms with Gasteiger partial charge < -0.3 is 10.2 Å². The van der Waals surface area contributed by atoms with Crippen LogP contribution in [-0.4, -0.2) is 43.0 Å². The third kappa shape index (κ3) is 5.83. The van der Waals surface area contributed by atoms with Gasteiger partial charge in [-0.05, 0) is 44.8 Å². The number of carbonyl (C=O) groups is 1. The highest BCUT2D eigenvalue weighted by Crippen LogP contribution is 2.20. The van der Waals surface area contributed by atoms with Gasteiger partial charge in [-0.2, -0.15) is 0 Å². The molecule has 1 atom stereocenters. The van der Waals surface area contributed by atoms with Gasteiger partial charge >= 0.3 is 0 Å². The van der Waals surface area contributed by atoms with Crippen molar-refractivity contribution in [3.8, 4) is 0 Å². The fraction of sp³-hybridized carbons (Fsp3) is 0.368. The molecule has 2 rings (SSSR count). The van der Waals surface area contributed by atoms with Crippen molar-refractivity contribution in [2.75, 3.05) is 27.2 Å². The molecule has 0 aliphatic rings. The third-order valence-corrected chi connectivity index (χ3v) is 3.74. The maximum Gasteiger partial charge on any atom is 0.227 e. The van der Waals surface area contributed by atoms with Crippen LogP contribution < -0.4 is 5.32 Å². The van der Waals surface area contributed by atoms with Crippen LogP contribution in [0.1, 0.15) is 23.6 Å². The van der Waals surface area contributed by atoms with Crippen LogP contribution in [0, 0.1) is 0 Å². The molecule has 1 unspecified atom stereocenters. The predicted octanol–water partition coefficient (Wildman–Crippen LogP) is 2.48. The minimum Gasteiger partial charge on any atom is -0.356 e. The van der Waals surface area contributed by atoms with E-state index < -0.39 is 0 Å². The summed E-state index contributed by atoms with van der Waals surface area (Å²) in [5.41, 5.74) is 1.97. The normalized spacial score (nSPS) is 12.1. The maximum absolute atomic E-state index is 12.6. The Bertz CT molecular complexity index is 584. The number of nitrogens with one attached hydrogen (secondary N) is 1. The first kappa shape index (κ1) is 17.2. The summed E-state index contributed by atoms with van der Waals surface area (Å²) in [5.74, 6) is -0.133. The van der Waals surface area contributed by atoms with E-state index >= 15 is 0 Å². The highest BCUT2D eigenvalue weighted by Gasteiger charge is 2.21. The summed E-state index contributed by atoms with van der Waals surface area (Å²) >= 11 is 0. The van der Waals surface area contributed by atoms with Gasteiger partial charge in [0.05, 0.1) is 5.92 Å². The average Bonchev–Trinajstić information content (AvgIpc) is 2.58. The van der Waals surface area contributed by atoms with Crippen LogP contribution >= 0.6 is 0 Å². The summed E-state index contributed by atoms with van der Waals surface area (Å²) < 4.78 is 0. The summed E-state index contributed by atoms with van der Waals surface area (Å²) in [6.07, 6.45) is 3.33. The van der Waals surface area contributed by atoms with Crippen molar-refractivity contribution in [3.63, 3.8) is 0 Å². The van der Waals surface area contributed by atoms with Crippen LogP contribution in [0.2, 0.25) is 0 Å². The Balaban J connectivity index is 2.03. The van der Waals surface area contributed by atoms with Crippen LogP contribution in [0.4, 0.5) is 0 Å². The SMILES string of the molecule is CN(C)CCCNC(=O)C(Cc1ccccn1)c1ccccc1. The van der Waals surface area contributed by atoms with Gasteiger partial charge in [0.25, 0.3) is 0 Å². The second-order valence-electron chi connectivity index (χ2n) is 5.94. The molecule has 122 valence electrons. The molecule has 23 heavy (non-hydrogen) atoms. The molecule has 1 heterocycles. The third-order valence-electron chi connectivity index (χ3n) is 3.74. The lowest BCUT2D eigenvalue weighted by Gasteiger charge is -2.17. The molecule has 0 spiro atoms. The zero-order valence-corrected chi connectivity index (χ0v) is 13.9. The standard InChI is InChI=1S/C19H25N3O/c1-22(2)14-8-13-21-19(23)18(16-9-4-3-5-10-16)15-17-11-6-7-12-20-17/h3-7,9-12,18H,8,13-15H2,1-2H3,(H,21,23). The van der Waals surface area contributed by atoms with E-state index in [-0.39, 0.29) is 11.8 Å². The van der Waals surface area contributed by atoms with E-state index in [9.17, 15) is 4.79 Å². The summed E-state index contributed by atoms with van der Waals surface area (Å²) in [4.78, 5) is 19.1. The van der Waals surface area contributed by atoms with Crippen molar-refractivity contribution in [1.29, 1.82) is 0 Å². The molecule has 1 N–H and O–H groups in total. The Morgan fingerprint density at radius 3 is 2.52 bits per heavy atom. The second kappa shape index (κ2) is 9.06. The maximum atomic E-state index is 12.6. The number of rotatable bonds is 8. The number of nitrogens with zero attached hydrogens (tertiary/aromatic N) is 2. The fourth-order valence-electron chi connectivity index (χ4n) is 2.51. The van der Waals surface area contributed by atoms with Crippen molar-refractivity contribution in [1.82, 2.24) is 15.2 Å². The van der Waals surface area contributed by atoms with E-state index in [1.165, 1.54) is 0 Å². The van der Waals surface area contributed by atoms with Gasteiger partial charge in [0.2, 0.25) is 5.91 Å². The molecule has 2 aromatic rings. The molecule has 0 aliphatic carbocycles. The van der Waals surface area contributed by atoms with Crippen molar-refractivity contribution in [2.45, 2.75) is 18.8 Å². The zero-order chi connectivity index (χ0) is 16.5. The lowest BCUT2D eigenvalue weighted by atomic mass is 9.93. The molecule has 0 radical (unpaired) electrons. The Labute approximate surface area is 138 Å². The number of hydrogen-bond acceptors (Lipinski definition) is 3. The topological polar surface area (TPSA) is 45.2 Å². The smallest absolute Gasteiger partial charge is 0.227 e. The van der Waals surface area contributed by atoms with Crippen molar-refractivity contribution in [2.24, 2.45) is 0 Å². The van der Waals surface area contributed by atoms with Crippen molar-refractivity contribution in [3.05, 3.63) is 66.0 Å². The molecule has 0 fully saturated rings.